The van der Waals surface area contributed by atoms with Crippen molar-refractivity contribution in [2.24, 2.45) is 0 Å². The van der Waals surface area contributed by atoms with E-state index in [1.807, 2.05) is 0 Å². The molecule has 0 radical (unpaired) electrons. The van der Waals surface area contributed by atoms with E-state index in [1.165, 1.54) is 30.3 Å². The fourth-order valence-electron chi connectivity index (χ4n) is 1.58. The predicted octanol–water partition coefficient (Wildman–Crippen LogP) is 4.23. The molecule has 0 atom stereocenters. The fourth-order valence-corrected chi connectivity index (χ4v) is 1.83. The summed E-state index contributed by atoms with van der Waals surface area (Å²) in [5.41, 5.74) is -0.236. The van der Waals surface area contributed by atoms with Gasteiger partial charge in [-0.25, -0.2) is 4.98 Å². The van der Waals surface area contributed by atoms with Gasteiger partial charge in [-0.2, -0.15) is 13.2 Å². The van der Waals surface area contributed by atoms with Crippen LogP contribution in [-0.4, -0.2) is 11.3 Å². The normalized spacial score (nSPS) is 11.4. The minimum absolute atomic E-state index is 0.112. The number of nitrogens with zero attached hydrogens (tertiary/aromatic N) is 1. The Balaban J connectivity index is 2.53. The molecule has 2 nitrogen and oxygen atoms in total. The van der Waals surface area contributed by atoms with Crippen molar-refractivity contribution in [1.82, 2.24) is 4.98 Å². The van der Waals surface area contributed by atoms with Crippen LogP contribution in [0.4, 0.5) is 13.2 Å². The number of aldehydes is 1. The maximum atomic E-state index is 12.6. The lowest BCUT2D eigenvalue weighted by molar-refractivity contribution is -0.141. The van der Waals surface area contributed by atoms with Crippen molar-refractivity contribution in [3.8, 4) is 11.3 Å². The van der Waals surface area contributed by atoms with Gasteiger partial charge in [-0.05, 0) is 30.3 Å². The SMILES string of the molecule is O=Cc1cc(Cl)cc(-c2cccc(C(F)(F)F)n2)c1. The number of carbonyl (C=O) groups is 1. The second-order valence-electron chi connectivity index (χ2n) is 3.80. The Morgan fingerprint density at radius 3 is 2.53 bits per heavy atom. The van der Waals surface area contributed by atoms with Gasteiger partial charge >= 0.3 is 6.18 Å². The summed E-state index contributed by atoms with van der Waals surface area (Å²) < 4.78 is 37.7. The predicted molar refractivity (Wildman–Crippen MR) is 65.1 cm³/mol. The molecule has 1 heterocycles. The number of hydrogen-bond acceptors (Lipinski definition) is 2. The first kappa shape index (κ1) is 13.5. The van der Waals surface area contributed by atoms with Crippen LogP contribution in [0.15, 0.2) is 36.4 Å². The van der Waals surface area contributed by atoms with Crippen molar-refractivity contribution >= 4 is 17.9 Å². The molecule has 2 aromatic rings. The number of halogens is 4. The van der Waals surface area contributed by atoms with Crippen molar-refractivity contribution in [2.45, 2.75) is 6.18 Å². The van der Waals surface area contributed by atoms with E-state index in [1.54, 1.807) is 0 Å². The van der Waals surface area contributed by atoms with Crippen LogP contribution in [0.2, 0.25) is 5.02 Å². The van der Waals surface area contributed by atoms with Gasteiger partial charge in [-0.3, -0.25) is 4.79 Å². The topological polar surface area (TPSA) is 30.0 Å². The third-order valence-electron chi connectivity index (χ3n) is 2.39. The minimum Gasteiger partial charge on any atom is -0.298 e. The zero-order valence-corrected chi connectivity index (χ0v) is 10.2. The molecule has 0 spiro atoms. The lowest BCUT2D eigenvalue weighted by Gasteiger charge is -2.08. The molecule has 0 amide bonds. The van der Waals surface area contributed by atoms with E-state index in [9.17, 15) is 18.0 Å². The van der Waals surface area contributed by atoms with Gasteiger partial charge in [-0.1, -0.05) is 17.7 Å². The molecule has 0 bridgehead atoms. The standard InChI is InChI=1S/C13H7ClF3NO/c14-10-5-8(7-19)4-9(6-10)11-2-1-3-12(18-11)13(15,16)17/h1-7H. The van der Waals surface area contributed by atoms with Crippen molar-refractivity contribution in [3.63, 3.8) is 0 Å². The minimum atomic E-state index is -4.51. The van der Waals surface area contributed by atoms with Gasteiger partial charge in [0.15, 0.2) is 0 Å². The second-order valence-corrected chi connectivity index (χ2v) is 4.23. The van der Waals surface area contributed by atoms with Gasteiger partial charge in [-0.15, -0.1) is 0 Å². The van der Waals surface area contributed by atoms with Crippen molar-refractivity contribution < 1.29 is 18.0 Å². The number of pyridine rings is 1. The van der Waals surface area contributed by atoms with E-state index in [0.29, 0.717) is 11.8 Å². The zero-order chi connectivity index (χ0) is 14.0. The van der Waals surface area contributed by atoms with Crippen LogP contribution in [0.5, 0.6) is 0 Å². The Morgan fingerprint density at radius 2 is 1.89 bits per heavy atom. The molecule has 0 aliphatic carbocycles. The van der Waals surface area contributed by atoms with E-state index >= 15 is 0 Å². The maximum Gasteiger partial charge on any atom is 0.433 e. The molecule has 0 saturated heterocycles. The van der Waals surface area contributed by atoms with Crippen molar-refractivity contribution in [2.75, 3.05) is 0 Å². The van der Waals surface area contributed by atoms with E-state index in [-0.39, 0.29) is 16.3 Å². The second kappa shape index (κ2) is 5.01. The van der Waals surface area contributed by atoms with E-state index in [0.717, 1.165) is 6.07 Å². The van der Waals surface area contributed by atoms with E-state index in [2.05, 4.69) is 4.98 Å². The van der Waals surface area contributed by atoms with Crippen LogP contribution in [0, 0.1) is 0 Å². The molecule has 0 aliphatic rings. The monoisotopic (exact) mass is 285 g/mol. The Morgan fingerprint density at radius 1 is 1.16 bits per heavy atom. The molecule has 2 rings (SSSR count). The van der Waals surface area contributed by atoms with Crippen LogP contribution in [0.25, 0.3) is 11.3 Å². The van der Waals surface area contributed by atoms with Gasteiger partial charge in [0.25, 0.3) is 0 Å². The first-order chi connectivity index (χ1) is 8.90. The van der Waals surface area contributed by atoms with Gasteiger partial charge in [0.1, 0.15) is 12.0 Å². The first-order valence-electron chi connectivity index (χ1n) is 5.20. The van der Waals surface area contributed by atoms with E-state index < -0.39 is 11.9 Å². The van der Waals surface area contributed by atoms with Crippen LogP contribution in [-0.2, 0) is 6.18 Å². The fraction of sp³-hybridized carbons (Fsp3) is 0.0769. The Bertz CT molecular complexity index is 626. The summed E-state index contributed by atoms with van der Waals surface area (Å²) in [6.07, 6.45) is -3.94. The highest BCUT2D eigenvalue weighted by Crippen LogP contribution is 2.30. The highest BCUT2D eigenvalue weighted by atomic mass is 35.5. The Hall–Kier alpha value is -1.88. The van der Waals surface area contributed by atoms with Crippen molar-refractivity contribution in [3.05, 3.63) is 52.7 Å². The van der Waals surface area contributed by atoms with Gasteiger partial charge in [0, 0.05) is 16.1 Å². The average molecular weight is 286 g/mol. The summed E-state index contributed by atoms with van der Waals surface area (Å²) in [5, 5.41) is 0.263. The third-order valence-corrected chi connectivity index (χ3v) is 2.61. The van der Waals surface area contributed by atoms with Crippen molar-refractivity contribution in [1.29, 1.82) is 0 Å². The molecule has 0 N–H and O–H groups in total. The quantitative estimate of drug-likeness (QED) is 0.773. The van der Waals surface area contributed by atoms with Gasteiger partial charge in [0.2, 0.25) is 0 Å². The molecule has 98 valence electrons. The van der Waals surface area contributed by atoms with Crippen LogP contribution >= 0.6 is 11.6 Å². The molecule has 1 aromatic heterocycles. The highest BCUT2D eigenvalue weighted by molar-refractivity contribution is 6.31. The molecule has 0 saturated carbocycles. The zero-order valence-electron chi connectivity index (χ0n) is 9.41. The number of carbonyl (C=O) groups excluding carboxylic acids is 1. The number of hydrogen-bond donors (Lipinski definition) is 0. The molecule has 0 unspecified atom stereocenters. The van der Waals surface area contributed by atoms with Gasteiger partial charge in [0.05, 0.1) is 5.69 Å². The van der Waals surface area contributed by atoms with Crippen LogP contribution in [0.1, 0.15) is 16.1 Å². The summed E-state index contributed by atoms with van der Waals surface area (Å²) in [6.45, 7) is 0. The maximum absolute atomic E-state index is 12.6. The molecular formula is C13H7ClF3NO. The van der Waals surface area contributed by atoms with Crippen LogP contribution in [0.3, 0.4) is 0 Å². The molecule has 0 fully saturated rings. The highest BCUT2D eigenvalue weighted by Gasteiger charge is 2.32. The molecule has 1 aromatic carbocycles. The Labute approximate surface area is 111 Å². The summed E-state index contributed by atoms with van der Waals surface area (Å²) >= 11 is 5.80. The van der Waals surface area contributed by atoms with E-state index in [4.69, 9.17) is 11.6 Å². The smallest absolute Gasteiger partial charge is 0.298 e. The lowest BCUT2D eigenvalue weighted by atomic mass is 10.1. The summed E-state index contributed by atoms with van der Waals surface area (Å²) in [5.74, 6) is 0. The summed E-state index contributed by atoms with van der Waals surface area (Å²) in [7, 11) is 0. The summed E-state index contributed by atoms with van der Waals surface area (Å²) in [4.78, 5) is 14.2. The Kier molecular flexibility index (Phi) is 3.57. The number of benzene rings is 1. The van der Waals surface area contributed by atoms with Gasteiger partial charge < -0.3 is 0 Å². The third kappa shape index (κ3) is 3.12. The average Bonchev–Trinajstić information content (AvgIpc) is 2.37. The summed E-state index contributed by atoms with van der Waals surface area (Å²) in [6, 6.07) is 7.88. The number of alkyl halides is 3. The first-order valence-corrected chi connectivity index (χ1v) is 5.58. The number of aromatic nitrogens is 1. The molecule has 19 heavy (non-hydrogen) atoms. The number of rotatable bonds is 2. The van der Waals surface area contributed by atoms with Crippen LogP contribution < -0.4 is 0 Å². The molecular weight excluding hydrogens is 279 g/mol. The lowest BCUT2D eigenvalue weighted by Crippen LogP contribution is -2.08. The molecule has 0 aliphatic heterocycles. The largest absolute Gasteiger partial charge is 0.433 e. The molecule has 6 heteroatoms.